The lowest BCUT2D eigenvalue weighted by Crippen LogP contribution is -2.31. The van der Waals surface area contributed by atoms with Crippen molar-refractivity contribution in [3.05, 3.63) is 11.9 Å². The minimum atomic E-state index is -4.15. The lowest BCUT2D eigenvalue weighted by Gasteiger charge is -2.18. The van der Waals surface area contributed by atoms with E-state index in [2.05, 4.69) is 10.3 Å². The van der Waals surface area contributed by atoms with Crippen LogP contribution in [0.3, 0.4) is 0 Å². The SMILES string of the molecule is COc1nc(C(C)(C)C)cn1C(=O)NCCCC1(C(F)(F)F)CC1. The number of ether oxygens (including phenoxy) is 1. The minimum Gasteiger partial charge on any atom is -0.468 e. The van der Waals surface area contributed by atoms with Gasteiger partial charge in [-0.1, -0.05) is 20.8 Å². The van der Waals surface area contributed by atoms with Gasteiger partial charge in [-0.25, -0.2) is 9.36 Å². The normalized spacial score (nSPS) is 16.8. The third-order valence-corrected chi connectivity index (χ3v) is 4.41. The van der Waals surface area contributed by atoms with Crippen LogP contribution >= 0.6 is 0 Å². The van der Waals surface area contributed by atoms with E-state index in [0.717, 1.165) is 0 Å². The van der Waals surface area contributed by atoms with Gasteiger partial charge in [0.15, 0.2) is 0 Å². The Kier molecular flexibility index (Phi) is 4.88. The topological polar surface area (TPSA) is 56.2 Å². The highest BCUT2D eigenvalue weighted by molar-refractivity contribution is 5.78. The smallest absolute Gasteiger partial charge is 0.394 e. The Morgan fingerprint density at radius 1 is 1.38 bits per heavy atom. The molecule has 0 aromatic carbocycles. The van der Waals surface area contributed by atoms with Gasteiger partial charge in [-0.15, -0.1) is 0 Å². The van der Waals surface area contributed by atoms with Crippen LogP contribution in [0.2, 0.25) is 0 Å². The quantitative estimate of drug-likeness (QED) is 0.823. The fourth-order valence-electron chi connectivity index (χ4n) is 2.55. The third-order valence-electron chi connectivity index (χ3n) is 4.41. The van der Waals surface area contributed by atoms with E-state index < -0.39 is 17.6 Å². The first-order valence-electron chi connectivity index (χ1n) is 7.99. The second-order valence-corrected chi connectivity index (χ2v) is 7.35. The Hall–Kier alpha value is -1.73. The van der Waals surface area contributed by atoms with Crippen molar-refractivity contribution in [1.29, 1.82) is 0 Å². The molecule has 0 atom stereocenters. The predicted molar refractivity (Wildman–Crippen MR) is 83.2 cm³/mol. The molecule has 0 saturated heterocycles. The van der Waals surface area contributed by atoms with Gasteiger partial charge in [-0.05, 0) is 25.7 Å². The van der Waals surface area contributed by atoms with Crippen LogP contribution in [0.5, 0.6) is 6.01 Å². The number of nitrogens with zero attached hydrogens (tertiary/aromatic N) is 2. The van der Waals surface area contributed by atoms with Gasteiger partial charge < -0.3 is 10.1 Å². The Morgan fingerprint density at radius 3 is 2.46 bits per heavy atom. The van der Waals surface area contributed by atoms with Crippen LogP contribution in [-0.4, -0.2) is 35.4 Å². The zero-order chi connectivity index (χ0) is 18.2. The molecule has 1 N–H and O–H groups in total. The summed E-state index contributed by atoms with van der Waals surface area (Å²) in [5, 5.41) is 2.63. The average Bonchev–Trinajstić information content (AvgIpc) is 3.12. The summed E-state index contributed by atoms with van der Waals surface area (Å²) in [7, 11) is 1.42. The Balaban J connectivity index is 1.90. The molecule has 136 valence electrons. The number of nitrogens with one attached hydrogen (secondary N) is 1. The van der Waals surface area contributed by atoms with Crippen molar-refractivity contribution in [2.45, 2.75) is 58.0 Å². The number of amides is 1. The summed E-state index contributed by atoms with van der Waals surface area (Å²) in [5.41, 5.74) is -1.07. The molecule has 5 nitrogen and oxygen atoms in total. The number of hydrogen-bond acceptors (Lipinski definition) is 3. The maximum absolute atomic E-state index is 12.8. The van der Waals surface area contributed by atoms with Crippen LogP contribution in [0, 0.1) is 5.41 Å². The molecule has 0 bridgehead atoms. The van der Waals surface area contributed by atoms with Crippen LogP contribution in [0.15, 0.2) is 6.20 Å². The summed E-state index contributed by atoms with van der Waals surface area (Å²) in [6, 6.07) is -0.293. The van der Waals surface area contributed by atoms with Crippen molar-refractivity contribution in [2.24, 2.45) is 5.41 Å². The predicted octanol–water partition coefficient (Wildman–Crippen LogP) is 3.87. The summed E-state index contributed by atoms with van der Waals surface area (Å²) in [5.74, 6) is 0. The van der Waals surface area contributed by atoms with Gasteiger partial charge in [0.2, 0.25) is 0 Å². The second-order valence-electron chi connectivity index (χ2n) is 7.35. The molecule has 0 spiro atoms. The van der Waals surface area contributed by atoms with E-state index in [9.17, 15) is 18.0 Å². The van der Waals surface area contributed by atoms with Gasteiger partial charge in [0.25, 0.3) is 0 Å². The zero-order valence-corrected chi connectivity index (χ0v) is 14.5. The van der Waals surface area contributed by atoms with E-state index in [1.807, 2.05) is 20.8 Å². The van der Waals surface area contributed by atoms with Crippen molar-refractivity contribution in [1.82, 2.24) is 14.9 Å². The highest BCUT2D eigenvalue weighted by Crippen LogP contribution is 2.60. The van der Waals surface area contributed by atoms with Crippen molar-refractivity contribution >= 4 is 6.03 Å². The molecule has 1 aliphatic rings. The summed E-state index contributed by atoms with van der Waals surface area (Å²) in [6.45, 7) is 6.07. The molecule has 0 aliphatic heterocycles. The number of methoxy groups -OCH3 is 1. The maximum Gasteiger partial charge on any atom is 0.394 e. The molecule has 0 unspecified atom stereocenters. The first-order valence-corrected chi connectivity index (χ1v) is 7.99. The highest BCUT2D eigenvalue weighted by atomic mass is 19.4. The van der Waals surface area contributed by atoms with Crippen LogP contribution < -0.4 is 10.1 Å². The molecule has 1 heterocycles. The molecule has 24 heavy (non-hydrogen) atoms. The molecule has 1 amide bonds. The maximum atomic E-state index is 12.8. The molecule has 1 fully saturated rings. The molecule has 8 heteroatoms. The first kappa shape index (κ1) is 18.6. The highest BCUT2D eigenvalue weighted by Gasteiger charge is 2.62. The third kappa shape index (κ3) is 3.84. The summed E-state index contributed by atoms with van der Waals surface area (Å²) in [4.78, 5) is 16.5. The van der Waals surface area contributed by atoms with Gasteiger partial charge in [-0.3, -0.25) is 0 Å². The van der Waals surface area contributed by atoms with E-state index >= 15 is 0 Å². The standard InChI is InChI=1S/C16H24F3N3O2/c1-14(2,3)11-10-22(13(21-11)24-4)12(23)20-9-5-6-15(7-8-15)16(17,18)19/h10H,5-9H2,1-4H3,(H,20,23). The first-order chi connectivity index (χ1) is 11.0. The van der Waals surface area contributed by atoms with Crippen LogP contribution in [0.4, 0.5) is 18.0 Å². The minimum absolute atomic E-state index is 0.0467. The fourth-order valence-corrected chi connectivity index (χ4v) is 2.55. The molecular weight excluding hydrogens is 323 g/mol. The number of hydrogen-bond donors (Lipinski definition) is 1. The van der Waals surface area contributed by atoms with Gasteiger partial charge >= 0.3 is 18.2 Å². The number of aromatic nitrogens is 2. The van der Waals surface area contributed by atoms with E-state index in [1.165, 1.54) is 11.7 Å². The van der Waals surface area contributed by atoms with Crippen LogP contribution in [0.25, 0.3) is 0 Å². The van der Waals surface area contributed by atoms with E-state index in [1.54, 1.807) is 6.20 Å². The number of carbonyl (C=O) groups is 1. The summed E-state index contributed by atoms with van der Waals surface area (Å²) >= 11 is 0. The number of alkyl halides is 3. The number of carbonyl (C=O) groups excluding carboxylic acids is 1. The van der Waals surface area contributed by atoms with Crippen molar-refractivity contribution in [2.75, 3.05) is 13.7 Å². The van der Waals surface area contributed by atoms with Crippen molar-refractivity contribution in [3.63, 3.8) is 0 Å². The van der Waals surface area contributed by atoms with Gasteiger partial charge in [0.1, 0.15) is 0 Å². The van der Waals surface area contributed by atoms with Gasteiger partial charge in [0.05, 0.1) is 18.2 Å². The zero-order valence-electron chi connectivity index (χ0n) is 14.5. The molecular formula is C16H24F3N3O2. The van der Waals surface area contributed by atoms with Crippen LogP contribution in [-0.2, 0) is 5.41 Å². The lowest BCUT2D eigenvalue weighted by molar-refractivity contribution is -0.189. The van der Waals surface area contributed by atoms with E-state index in [0.29, 0.717) is 5.69 Å². The average molecular weight is 347 g/mol. The van der Waals surface area contributed by atoms with E-state index in [-0.39, 0.29) is 43.7 Å². The van der Waals surface area contributed by atoms with Crippen molar-refractivity contribution in [3.8, 4) is 6.01 Å². The lowest BCUT2D eigenvalue weighted by atomic mass is 9.93. The number of halogens is 3. The second kappa shape index (κ2) is 6.29. The largest absolute Gasteiger partial charge is 0.468 e. The molecule has 1 saturated carbocycles. The van der Waals surface area contributed by atoms with Gasteiger partial charge in [-0.2, -0.15) is 18.2 Å². The van der Waals surface area contributed by atoms with Crippen LogP contribution in [0.1, 0.15) is 52.1 Å². The molecule has 1 aliphatic carbocycles. The fraction of sp³-hybridized carbons (Fsp3) is 0.750. The monoisotopic (exact) mass is 347 g/mol. The number of imidazole rings is 1. The molecule has 0 radical (unpaired) electrons. The Morgan fingerprint density at radius 2 is 2.00 bits per heavy atom. The van der Waals surface area contributed by atoms with Gasteiger partial charge in [0, 0.05) is 18.2 Å². The summed E-state index contributed by atoms with van der Waals surface area (Å²) < 4.78 is 44.9. The Bertz CT molecular complexity index is 599. The van der Waals surface area contributed by atoms with E-state index in [4.69, 9.17) is 4.74 Å². The Labute approximate surface area is 139 Å². The number of rotatable bonds is 5. The molecule has 1 aromatic heterocycles. The molecule has 1 aromatic rings. The summed E-state index contributed by atoms with van der Waals surface area (Å²) in [6.07, 6.45) is -1.85. The van der Waals surface area contributed by atoms with Crippen molar-refractivity contribution < 1.29 is 22.7 Å². The molecule has 2 rings (SSSR count).